The molecule has 1 amide bonds. The summed E-state index contributed by atoms with van der Waals surface area (Å²) >= 11 is 0. The first kappa shape index (κ1) is 20.0. The van der Waals surface area contributed by atoms with Gasteiger partial charge in [-0.25, -0.2) is 9.97 Å². The van der Waals surface area contributed by atoms with Gasteiger partial charge in [0.25, 0.3) is 0 Å². The van der Waals surface area contributed by atoms with Gasteiger partial charge in [0, 0.05) is 37.0 Å². The van der Waals surface area contributed by atoms with Gasteiger partial charge in [0.15, 0.2) is 0 Å². The van der Waals surface area contributed by atoms with Crippen LogP contribution < -0.4 is 15.0 Å². The first-order valence-electron chi connectivity index (χ1n) is 12.1. The predicted octanol–water partition coefficient (Wildman–Crippen LogP) is 3.88. The zero-order chi connectivity index (χ0) is 21.9. The van der Waals surface area contributed by atoms with Crippen LogP contribution in [0.2, 0.25) is 0 Å². The number of hydrogen-bond donors (Lipinski definition) is 1. The van der Waals surface area contributed by atoms with E-state index in [0.717, 1.165) is 66.7 Å². The summed E-state index contributed by atoms with van der Waals surface area (Å²) in [6.07, 6.45) is 10.6. The highest BCUT2D eigenvalue weighted by atomic mass is 16.5. The van der Waals surface area contributed by atoms with Gasteiger partial charge in [-0.3, -0.25) is 4.79 Å². The molecule has 1 N–H and O–H groups in total. The largest absolute Gasteiger partial charge is 0.497 e. The standard InChI is InChI=1S/C26H32N4O2/c1-16-21-5-4-20(32-2)14-23(21)29-25(28-16)30-11-7-17(8-12-30)24(31)27-15-18-13-19-3-6-22(18)26(19)9-10-26/h3-6,14,17-19,22H,7-13,15H2,1-2H3,(H,27,31)/t18-,19-,22-/m1/s1. The van der Waals surface area contributed by atoms with Gasteiger partial charge < -0.3 is 15.0 Å². The SMILES string of the molecule is COc1ccc2c(C)nc(N3CCC(C(=O)NC[C@H]4C[C@H]5C=C[C@H]4C54CC4)CC3)nc2c1. The number of methoxy groups -OCH3 is 1. The quantitative estimate of drug-likeness (QED) is 0.727. The number of fused-ring (bicyclic) bond motifs is 1. The van der Waals surface area contributed by atoms with E-state index in [9.17, 15) is 4.79 Å². The van der Waals surface area contributed by atoms with Gasteiger partial charge in [-0.15, -0.1) is 0 Å². The van der Waals surface area contributed by atoms with Gasteiger partial charge in [-0.2, -0.15) is 0 Å². The molecule has 32 heavy (non-hydrogen) atoms. The number of ether oxygens (including phenoxy) is 1. The van der Waals surface area contributed by atoms with Crippen LogP contribution in [0.3, 0.4) is 0 Å². The highest BCUT2D eigenvalue weighted by molar-refractivity contribution is 5.83. The fourth-order valence-corrected chi connectivity index (χ4v) is 6.59. The van der Waals surface area contributed by atoms with Crippen LogP contribution in [0.5, 0.6) is 5.75 Å². The zero-order valence-corrected chi connectivity index (χ0v) is 19.0. The van der Waals surface area contributed by atoms with Crippen molar-refractivity contribution in [1.82, 2.24) is 15.3 Å². The van der Waals surface area contributed by atoms with Gasteiger partial charge >= 0.3 is 0 Å². The number of nitrogens with one attached hydrogen (secondary N) is 1. The van der Waals surface area contributed by atoms with E-state index in [1.54, 1.807) is 7.11 Å². The minimum Gasteiger partial charge on any atom is -0.497 e. The Kier molecular flexibility index (Phi) is 4.67. The van der Waals surface area contributed by atoms with Gasteiger partial charge in [0.1, 0.15) is 5.75 Å². The van der Waals surface area contributed by atoms with Crippen LogP contribution in [0.15, 0.2) is 30.4 Å². The maximum atomic E-state index is 12.9. The Morgan fingerprint density at radius 2 is 2.03 bits per heavy atom. The molecule has 6 nitrogen and oxygen atoms in total. The molecular formula is C26H32N4O2. The summed E-state index contributed by atoms with van der Waals surface area (Å²) in [6.45, 7) is 4.50. The van der Waals surface area contributed by atoms with Crippen LogP contribution in [0, 0.1) is 36.0 Å². The van der Waals surface area contributed by atoms with Gasteiger partial charge in [-0.05, 0) is 74.3 Å². The van der Waals surface area contributed by atoms with E-state index in [4.69, 9.17) is 14.7 Å². The Labute approximate surface area is 189 Å². The van der Waals surface area contributed by atoms with Crippen molar-refractivity contribution in [2.45, 2.75) is 39.0 Å². The number of piperidine rings is 1. The smallest absolute Gasteiger partial charge is 0.226 e. The Hall–Kier alpha value is -2.63. The van der Waals surface area contributed by atoms with Crippen LogP contribution in [-0.2, 0) is 4.79 Å². The lowest BCUT2D eigenvalue weighted by Gasteiger charge is -2.32. The summed E-state index contributed by atoms with van der Waals surface area (Å²) in [6, 6.07) is 5.92. The lowest BCUT2D eigenvalue weighted by Crippen LogP contribution is -2.42. The van der Waals surface area contributed by atoms with Crippen LogP contribution in [-0.4, -0.2) is 42.6 Å². The number of aryl methyl sites for hydroxylation is 1. The fourth-order valence-electron chi connectivity index (χ4n) is 6.59. The first-order chi connectivity index (χ1) is 15.6. The molecule has 0 radical (unpaired) electrons. The van der Waals surface area contributed by atoms with Crippen molar-refractivity contribution in [2.24, 2.45) is 29.1 Å². The van der Waals surface area contributed by atoms with E-state index < -0.39 is 0 Å². The number of aromatic nitrogens is 2. The maximum Gasteiger partial charge on any atom is 0.226 e. The summed E-state index contributed by atoms with van der Waals surface area (Å²) in [7, 11) is 1.67. The van der Waals surface area contributed by atoms with Crippen molar-refractivity contribution < 1.29 is 9.53 Å². The number of amides is 1. The van der Waals surface area contributed by atoms with E-state index >= 15 is 0 Å². The van der Waals surface area contributed by atoms with Crippen molar-refractivity contribution in [3.63, 3.8) is 0 Å². The Morgan fingerprint density at radius 3 is 2.75 bits per heavy atom. The van der Waals surface area contributed by atoms with Crippen LogP contribution in [0.25, 0.3) is 10.9 Å². The highest BCUT2D eigenvalue weighted by Crippen LogP contribution is 2.69. The molecule has 3 fully saturated rings. The molecule has 0 unspecified atom stereocenters. The number of anilines is 1. The first-order valence-corrected chi connectivity index (χ1v) is 12.1. The summed E-state index contributed by atoms with van der Waals surface area (Å²) < 4.78 is 5.36. The van der Waals surface area contributed by atoms with E-state index in [-0.39, 0.29) is 11.8 Å². The van der Waals surface area contributed by atoms with Gasteiger partial charge in [-0.1, -0.05) is 12.2 Å². The third kappa shape index (κ3) is 3.18. The molecular weight excluding hydrogens is 400 g/mol. The highest BCUT2D eigenvalue weighted by Gasteiger charge is 2.62. The molecule has 3 atom stereocenters. The van der Waals surface area contributed by atoms with Crippen LogP contribution in [0.1, 0.15) is 37.8 Å². The number of rotatable bonds is 5. The van der Waals surface area contributed by atoms with Crippen LogP contribution in [0.4, 0.5) is 5.95 Å². The van der Waals surface area contributed by atoms with Crippen molar-refractivity contribution in [3.8, 4) is 5.75 Å². The lowest BCUT2D eigenvalue weighted by molar-refractivity contribution is -0.125. The predicted molar refractivity (Wildman–Crippen MR) is 125 cm³/mol. The van der Waals surface area contributed by atoms with E-state index in [1.165, 1.54) is 19.3 Å². The molecule has 4 aliphatic rings. The average molecular weight is 433 g/mol. The molecule has 2 bridgehead atoms. The van der Waals surface area contributed by atoms with E-state index in [0.29, 0.717) is 17.3 Å². The molecule has 1 aliphatic heterocycles. The molecule has 6 heteroatoms. The molecule has 2 aromatic rings. The minimum absolute atomic E-state index is 0.0944. The summed E-state index contributed by atoms with van der Waals surface area (Å²) in [4.78, 5) is 24.6. The second kappa shape index (κ2) is 7.46. The summed E-state index contributed by atoms with van der Waals surface area (Å²) in [5, 5.41) is 4.36. The maximum absolute atomic E-state index is 12.9. The van der Waals surface area contributed by atoms with Crippen molar-refractivity contribution in [2.75, 3.05) is 31.6 Å². The summed E-state index contributed by atoms with van der Waals surface area (Å²) in [5.74, 6) is 4.02. The number of carbonyl (C=O) groups excluding carboxylic acids is 1. The molecule has 1 spiro atoms. The lowest BCUT2D eigenvalue weighted by atomic mass is 9.88. The molecule has 2 saturated carbocycles. The number of hydrogen-bond acceptors (Lipinski definition) is 5. The summed E-state index contributed by atoms with van der Waals surface area (Å²) in [5.41, 5.74) is 2.48. The topological polar surface area (TPSA) is 67.3 Å². The average Bonchev–Trinajstić information content (AvgIpc) is 3.49. The number of allylic oxidation sites excluding steroid dienone is 2. The third-order valence-corrected chi connectivity index (χ3v) is 8.61. The second-order valence-corrected chi connectivity index (χ2v) is 10.2. The van der Waals surface area contributed by atoms with E-state index in [1.807, 2.05) is 25.1 Å². The fraction of sp³-hybridized carbons (Fsp3) is 0.577. The Balaban J connectivity index is 1.06. The molecule has 1 aromatic carbocycles. The van der Waals surface area contributed by atoms with Gasteiger partial charge in [0.2, 0.25) is 11.9 Å². The number of nitrogens with zero attached hydrogens (tertiary/aromatic N) is 3. The molecule has 2 heterocycles. The molecule has 3 aliphatic carbocycles. The monoisotopic (exact) mass is 432 g/mol. The third-order valence-electron chi connectivity index (χ3n) is 8.61. The number of carbonyl (C=O) groups is 1. The minimum atomic E-state index is 0.0944. The molecule has 1 aromatic heterocycles. The van der Waals surface area contributed by atoms with E-state index in [2.05, 4.69) is 22.4 Å². The number of benzene rings is 1. The Bertz CT molecular complexity index is 1080. The van der Waals surface area contributed by atoms with Crippen molar-refractivity contribution in [3.05, 3.63) is 36.0 Å². The molecule has 6 rings (SSSR count). The zero-order valence-electron chi connectivity index (χ0n) is 19.0. The normalized spacial score (nSPS) is 27.9. The Morgan fingerprint density at radius 1 is 1.22 bits per heavy atom. The molecule has 1 saturated heterocycles. The van der Waals surface area contributed by atoms with Crippen molar-refractivity contribution >= 4 is 22.8 Å². The van der Waals surface area contributed by atoms with Crippen LogP contribution >= 0.6 is 0 Å². The van der Waals surface area contributed by atoms with Crippen molar-refractivity contribution in [1.29, 1.82) is 0 Å². The second-order valence-electron chi connectivity index (χ2n) is 10.2. The van der Waals surface area contributed by atoms with Gasteiger partial charge in [0.05, 0.1) is 18.3 Å². The molecule has 168 valence electrons.